The lowest BCUT2D eigenvalue weighted by molar-refractivity contribution is 0.00212. The minimum atomic E-state index is -0.960. The molecule has 1 aliphatic carbocycles. The van der Waals surface area contributed by atoms with E-state index in [0.29, 0.717) is 17.9 Å². The number of aryl methyl sites for hydroxylation is 2. The van der Waals surface area contributed by atoms with Crippen LogP contribution >= 0.6 is 0 Å². The van der Waals surface area contributed by atoms with Crippen LogP contribution in [0.25, 0.3) is 0 Å². The second kappa shape index (κ2) is 15.3. The number of nitrogens with zero attached hydrogens (tertiary/aromatic N) is 1. The summed E-state index contributed by atoms with van der Waals surface area (Å²) < 4.78 is 22.6. The van der Waals surface area contributed by atoms with Crippen LogP contribution in [0.1, 0.15) is 75.8 Å². The number of rotatable bonds is 10. The minimum absolute atomic E-state index is 0.0422. The van der Waals surface area contributed by atoms with Crippen molar-refractivity contribution in [1.29, 1.82) is 0 Å². The average molecular weight is 489 g/mol. The van der Waals surface area contributed by atoms with Gasteiger partial charge in [0.2, 0.25) is 5.56 Å². The smallest absolute Gasteiger partial charge is 0.250 e. The Morgan fingerprint density at radius 3 is 2.35 bits per heavy atom. The van der Waals surface area contributed by atoms with Crippen molar-refractivity contribution in [2.75, 3.05) is 12.9 Å². The van der Waals surface area contributed by atoms with Crippen molar-refractivity contribution in [3.63, 3.8) is 0 Å². The summed E-state index contributed by atoms with van der Waals surface area (Å²) in [5.74, 6) is 1.09. The summed E-state index contributed by atoms with van der Waals surface area (Å²) in [7, 11) is 0.786. The molecule has 34 heavy (non-hydrogen) atoms. The second-order valence-electron chi connectivity index (χ2n) is 9.67. The van der Waals surface area contributed by atoms with Gasteiger partial charge in [-0.15, -0.1) is 0 Å². The van der Waals surface area contributed by atoms with Gasteiger partial charge in [0.25, 0.3) is 0 Å². The van der Waals surface area contributed by atoms with Crippen molar-refractivity contribution in [3.05, 3.63) is 70.1 Å². The van der Waals surface area contributed by atoms with E-state index in [2.05, 4.69) is 48.9 Å². The lowest BCUT2D eigenvalue weighted by atomic mass is 9.83. The van der Waals surface area contributed by atoms with Crippen LogP contribution in [0.5, 0.6) is 0 Å². The third-order valence-corrected chi connectivity index (χ3v) is 7.28. The maximum atomic E-state index is 11.6. The molecule has 2 aromatic rings. The zero-order valence-electron chi connectivity index (χ0n) is 21.7. The first kappa shape index (κ1) is 28.5. The summed E-state index contributed by atoms with van der Waals surface area (Å²) >= 11 is 0. The van der Waals surface area contributed by atoms with Crippen molar-refractivity contribution in [3.8, 4) is 0 Å². The second-order valence-corrected chi connectivity index (χ2v) is 10.8. The van der Waals surface area contributed by atoms with Crippen LogP contribution in [0.3, 0.4) is 0 Å². The van der Waals surface area contributed by atoms with E-state index in [-0.39, 0.29) is 11.6 Å². The van der Waals surface area contributed by atoms with E-state index in [0.717, 1.165) is 31.4 Å². The van der Waals surface area contributed by atoms with E-state index in [1.807, 2.05) is 19.2 Å². The Kier molecular flexibility index (Phi) is 12.8. The first-order valence-corrected chi connectivity index (χ1v) is 14.2. The van der Waals surface area contributed by atoms with E-state index < -0.39 is 11.0 Å². The van der Waals surface area contributed by atoms with Crippen molar-refractivity contribution in [2.24, 2.45) is 13.0 Å². The van der Waals surface area contributed by atoms with Gasteiger partial charge in [-0.2, -0.15) is 0 Å². The molecule has 3 unspecified atom stereocenters. The standard InChI is InChI=1S/C21H35NO2S.C7H9NO/c1-4-5-11-21(22-25(3)23)17(2)16-24-20-14-12-19(13-15-20)18-9-7-6-8-10-18;1-6-3-4-7(9)8(2)5-6/h6-10,17,19-22H,4-5,11-16H2,1-3H3;3-5H,1-2H3. The molecule has 0 amide bonds. The molecule has 1 aromatic carbocycles. The number of hydrogen-bond donors (Lipinski definition) is 1. The molecule has 6 heteroatoms. The van der Waals surface area contributed by atoms with Crippen LogP contribution in [0.2, 0.25) is 0 Å². The van der Waals surface area contributed by atoms with Gasteiger partial charge >= 0.3 is 0 Å². The predicted octanol–water partition coefficient (Wildman–Crippen LogP) is 5.50. The van der Waals surface area contributed by atoms with Crippen LogP contribution < -0.4 is 10.3 Å². The van der Waals surface area contributed by atoms with E-state index in [1.54, 1.807) is 23.9 Å². The first-order chi connectivity index (χ1) is 16.3. The number of nitrogens with one attached hydrogen (secondary N) is 1. The highest BCUT2D eigenvalue weighted by atomic mass is 32.2. The van der Waals surface area contributed by atoms with Crippen LogP contribution in [0.15, 0.2) is 53.5 Å². The van der Waals surface area contributed by atoms with Crippen LogP contribution in [0.4, 0.5) is 0 Å². The Balaban J connectivity index is 0.000000379. The molecule has 5 nitrogen and oxygen atoms in total. The third kappa shape index (κ3) is 10.2. The maximum Gasteiger partial charge on any atom is 0.250 e. The van der Waals surface area contributed by atoms with E-state index >= 15 is 0 Å². The maximum absolute atomic E-state index is 11.6. The molecule has 1 aliphatic rings. The first-order valence-electron chi connectivity index (χ1n) is 12.7. The van der Waals surface area contributed by atoms with Crippen LogP contribution in [-0.2, 0) is 22.8 Å². The van der Waals surface area contributed by atoms with Crippen molar-refractivity contribution in [2.45, 2.75) is 83.8 Å². The predicted molar refractivity (Wildman–Crippen MR) is 143 cm³/mol. The molecule has 190 valence electrons. The minimum Gasteiger partial charge on any atom is -0.378 e. The molecule has 1 heterocycles. The van der Waals surface area contributed by atoms with Gasteiger partial charge in [0.05, 0.1) is 23.7 Å². The highest BCUT2D eigenvalue weighted by Crippen LogP contribution is 2.34. The zero-order chi connectivity index (χ0) is 24.9. The number of unbranched alkanes of at least 4 members (excludes halogenated alkanes) is 1. The van der Waals surface area contributed by atoms with E-state index in [4.69, 9.17) is 4.74 Å². The van der Waals surface area contributed by atoms with Gasteiger partial charge in [-0.05, 0) is 62.0 Å². The van der Waals surface area contributed by atoms with Crippen molar-refractivity contribution >= 4 is 11.0 Å². The molecule has 0 saturated heterocycles. The van der Waals surface area contributed by atoms with Crippen LogP contribution in [0, 0.1) is 12.8 Å². The van der Waals surface area contributed by atoms with E-state index in [9.17, 15) is 9.00 Å². The van der Waals surface area contributed by atoms with Gasteiger partial charge in [0.1, 0.15) is 0 Å². The van der Waals surface area contributed by atoms with Crippen molar-refractivity contribution in [1.82, 2.24) is 9.29 Å². The third-order valence-electron chi connectivity index (χ3n) is 6.65. The molecule has 1 N–H and O–H groups in total. The molecule has 0 radical (unpaired) electrons. The average Bonchev–Trinajstić information content (AvgIpc) is 2.84. The Morgan fingerprint density at radius 2 is 1.79 bits per heavy atom. The molecular weight excluding hydrogens is 444 g/mol. The summed E-state index contributed by atoms with van der Waals surface area (Å²) in [5, 5.41) is 0. The summed E-state index contributed by atoms with van der Waals surface area (Å²) in [6.07, 6.45) is 12.1. The summed E-state index contributed by atoms with van der Waals surface area (Å²) in [4.78, 5) is 10.7. The van der Waals surface area contributed by atoms with Crippen LogP contribution in [-0.4, -0.2) is 33.8 Å². The number of pyridine rings is 1. The molecule has 1 aromatic heterocycles. The van der Waals surface area contributed by atoms with Gasteiger partial charge in [0.15, 0.2) is 0 Å². The quantitative estimate of drug-likeness (QED) is 0.480. The Hall–Kier alpha value is -1.76. The summed E-state index contributed by atoms with van der Waals surface area (Å²) in [5.41, 5.74) is 2.63. The topological polar surface area (TPSA) is 60.3 Å². The highest BCUT2D eigenvalue weighted by Gasteiger charge is 2.24. The summed E-state index contributed by atoms with van der Waals surface area (Å²) in [6.45, 7) is 7.14. The number of aromatic nitrogens is 1. The Labute approximate surface area is 208 Å². The molecule has 1 saturated carbocycles. The van der Waals surface area contributed by atoms with E-state index in [1.165, 1.54) is 31.2 Å². The van der Waals surface area contributed by atoms with Gasteiger partial charge in [-0.1, -0.05) is 63.1 Å². The molecule has 1 fully saturated rings. The normalized spacial score (nSPS) is 20.6. The highest BCUT2D eigenvalue weighted by molar-refractivity contribution is 7.82. The largest absolute Gasteiger partial charge is 0.378 e. The lowest BCUT2D eigenvalue weighted by Crippen LogP contribution is -2.38. The fourth-order valence-electron chi connectivity index (χ4n) is 4.52. The monoisotopic (exact) mass is 488 g/mol. The molecule has 0 spiro atoms. The molecule has 0 bridgehead atoms. The molecule has 3 atom stereocenters. The van der Waals surface area contributed by atoms with Gasteiger partial charge < -0.3 is 9.30 Å². The molecule has 0 aliphatic heterocycles. The van der Waals surface area contributed by atoms with Gasteiger partial charge in [0, 0.05) is 31.6 Å². The molecular formula is C28H44N2O3S. The van der Waals surface area contributed by atoms with Crippen molar-refractivity contribution < 1.29 is 8.95 Å². The zero-order valence-corrected chi connectivity index (χ0v) is 22.5. The number of ether oxygens (including phenoxy) is 1. The number of hydrogen-bond acceptors (Lipinski definition) is 3. The Morgan fingerprint density at radius 1 is 1.12 bits per heavy atom. The van der Waals surface area contributed by atoms with Gasteiger partial charge in [-0.3, -0.25) is 4.79 Å². The Bertz CT molecular complexity index is 907. The SMILES string of the molecule is CCCCC(NS(C)=O)C(C)COC1CCC(c2ccccc2)CC1.Cc1ccc(=O)n(C)c1. The summed E-state index contributed by atoms with van der Waals surface area (Å²) in [6, 6.07) is 14.5. The number of benzene rings is 1. The molecule has 3 rings (SSSR count). The fraction of sp³-hybridized carbons (Fsp3) is 0.607. The fourth-order valence-corrected chi connectivity index (χ4v) is 5.30. The lowest BCUT2D eigenvalue weighted by Gasteiger charge is -2.31. The van der Waals surface area contributed by atoms with Gasteiger partial charge in [-0.25, -0.2) is 8.93 Å².